The largest absolute Gasteiger partial charge is 0.462 e. The lowest BCUT2D eigenvalue weighted by atomic mass is 9.97. The molecule has 0 saturated heterocycles. The maximum Gasteiger partial charge on any atom is 0.338 e. The quantitative estimate of drug-likeness (QED) is 0.736. The molecule has 3 heteroatoms. The molecule has 0 amide bonds. The SMILES string of the molecule is CCOC(=O)c1cccc(Cl)c1C(C)C. The summed E-state index contributed by atoms with van der Waals surface area (Å²) in [5, 5.41) is 0.621. The molecule has 0 unspecified atom stereocenters. The Hall–Kier alpha value is -1.02. The average molecular weight is 227 g/mol. The van der Waals surface area contributed by atoms with E-state index in [9.17, 15) is 4.79 Å². The lowest BCUT2D eigenvalue weighted by molar-refractivity contribution is 0.0524. The minimum Gasteiger partial charge on any atom is -0.462 e. The Morgan fingerprint density at radius 1 is 1.47 bits per heavy atom. The predicted octanol–water partition coefficient (Wildman–Crippen LogP) is 3.64. The van der Waals surface area contributed by atoms with E-state index in [1.807, 2.05) is 13.8 Å². The summed E-state index contributed by atoms with van der Waals surface area (Å²) in [6.45, 7) is 6.17. The number of carbonyl (C=O) groups is 1. The van der Waals surface area contributed by atoms with E-state index in [0.717, 1.165) is 5.56 Å². The van der Waals surface area contributed by atoms with Gasteiger partial charge in [-0.25, -0.2) is 4.79 Å². The standard InChI is InChI=1S/C12H15ClO2/c1-4-15-12(14)9-6-5-7-10(13)11(9)8(2)3/h5-8H,4H2,1-3H3. The topological polar surface area (TPSA) is 26.3 Å². The van der Waals surface area contributed by atoms with Crippen LogP contribution in [0.15, 0.2) is 18.2 Å². The fraction of sp³-hybridized carbons (Fsp3) is 0.417. The number of carbonyl (C=O) groups excluding carboxylic acids is 1. The Bertz CT molecular complexity index is 359. The second-order valence-electron chi connectivity index (χ2n) is 3.58. The van der Waals surface area contributed by atoms with Gasteiger partial charge in [0.05, 0.1) is 12.2 Å². The Kier molecular flexibility index (Phi) is 4.15. The fourth-order valence-corrected chi connectivity index (χ4v) is 1.90. The van der Waals surface area contributed by atoms with Crippen LogP contribution in [0.4, 0.5) is 0 Å². The van der Waals surface area contributed by atoms with Crippen molar-refractivity contribution in [3.63, 3.8) is 0 Å². The molecule has 0 heterocycles. The summed E-state index contributed by atoms with van der Waals surface area (Å²) in [5.41, 5.74) is 1.43. The molecule has 0 N–H and O–H groups in total. The van der Waals surface area contributed by atoms with Crippen LogP contribution in [-0.2, 0) is 4.74 Å². The Balaban J connectivity index is 3.17. The molecule has 1 aromatic rings. The zero-order chi connectivity index (χ0) is 11.4. The molecule has 1 aromatic carbocycles. The maximum absolute atomic E-state index is 11.6. The number of hydrogen-bond acceptors (Lipinski definition) is 2. The van der Waals surface area contributed by atoms with Crippen LogP contribution in [0.1, 0.15) is 42.6 Å². The molecule has 82 valence electrons. The first-order valence-electron chi connectivity index (χ1n) is 5.03. The van der Waals surface area contributed by atoms with Gasteiger partial charge in [-0.15, -0.1) is 0 Å². The summed E-state index contributed by atoms with van der Waals surface area (Å²) >= 11 is 6.06. The first-order chi connectivity index (χ1) is 7.07. The summed E-state index contributed by atoms with van der Waals surface area (Å²) < 4.78 is 4.98. The van der Waals surface area contributed by atoms with Gasteiger partial charge < -0.3 is 4.74 Å². The van der Waals surface area contributed by atoms with Crippen molar-refractivity contribution in [2.75, 3.05) is 6.61 Å². The minimum absolute atomic E-state index is 0.207. The number of halogens is 1. The zero-order valence-electron chi connectivity index (χ0n) is 9.21. The highest BCUT2D eigenvalue weighted by Crippen LogP contribution is 2.28. The van der Waals surface area contributed by atoms with Crippen molar-refractivity contribution >= 4 is 17.6 Å². The fourth-order valence-electron chi connectivity index (χ4n) is 1.51. The summed E-state index contributed by atoms with van der Waals surface area (Å²) in [4.78, 5) is 11.6. The van der Waals surface area contributed by atoms with Crippen LogP contribution in [0.3, 0.4) is 0 Å². The molecule has 0 atom stereocenters. The maximum atomic E-state index is 11.6. The second-order valence-corrected chi connectivity index (χ2v) is 3.98. The third-order valence-electron chi connectivity index (χ3n) is 2.13. The normalized spacial score (nSPS) is 10.5. The van der Waals surface area contributed by atoms with Gasteiger partial charge in [0.2, 0.25) is 0 Å². The van der Waals surface area contributed by atoms with Crippen LogP contribution >= 0.6 is 11.6 Å². The van der Waals surface area contributed by atoms with E-state index in [1.54, 1.807) is 25.1 Å². The lowest BCUT2D eigenvalue weighted by Crippen LogP contribution is -2.09. The van der Waals surface area contributed by atoms with Crippen molar-refractivity contribution in [1.29, 1.82) is 0 Å². The Morgan fingerprint density at radius 3 is 2.67 bits per heavy atom. The van der Waals surface area contributed by atoms with Gasteiger partial charge in [-0.2, -0.15) is 0 Å². The van der Waals surface area contributed by atoms with Crippen molar-refractivity contribution in [3.8, 4) is 0 Å². The molecule has 0 bridgehead atoms. The van der Waals surface area contributed by atoms with Crippen LogP contribution in [0.25, 0.3) is 0 Å². The molecule has 0 aliphatic carbocycles. The van der Waals surface area contributed by atoms with Crippen molar-refractivity contribution in [1.82, 2.24) is 0 Å². The van der Waals surface area contributed by atoms with E-state index in [2.05, 4.69) is 0 Å². The van der Waals surface area contributed by atoms with Gasteiger partial charge in [0.1, 0.15) is 0 Å². The van der Waals surface area contributed by atoms with Crippen LogP contribution in [0.2, 0.25) is 5.02 Å². The first kappa shape index (κ1) is 12.1. The minimum atomic E-state index is -0.302. The van der Waals surface area contributed by atoms with Crippen molar-refractivity contribution in [2.24, 2.45) is 0 Å². The van der Waals surface area contributed by atoms with Gasteiger partial charge in [0.25, 0.3) is 0 Å². The van der Waals surface area contributed by atoms with Crippen LogP contribution in [0, 0.1) is 0 Å². The molecule has 0 fully saturated rings. The molecule has 0 spiro atoms. The van der Waals surface area contributed by atoms with Gasteiger partial charge in [-0.1, -0.05) is 31.5 Å². The highest BCUT2D eigenvalue weighted by Gasteiger charge is 2.17. The summed E-state index contributed by atoms with van der Waals surface area (Å²) in [6, 6.07) is 5.30. The number of benzene rings is 1. The molecule has 0 aliphatic rings. The van der Waals surface area contributed by atoms with E-state index in [1.165, 1.54) is 0 Å². The van der Waals surface area contributed by atoms with Gasteiger partial charge in [-0.05, 0) is 30.5 Å². The number of esters is 1. The summed E-state index contributed by atoms with van der Waals surface area (Å²) in [5.74, 6) is -0.0955. The number of rotatable bonds is 3. The lowest BCUT2D eigenvalue weighted by Gasteiger charge is -2.13. The van der Waals surface area contributed by atoms with E-state index >= 15 is 0 Å². The average Bonchev–Trinajstić information content (AvgIpc) is 2.17. The first-order valence-corrected chi connectivity index (χ1v) is 5.41. The second kappa shape index (κ2) is 5.17. The highest BCUT2D eigenvalue weighted by molar-refractivity contribution is 6.31. The third-order valence-corrected chi connectivity index (χ3v) is 2.46. The third kappa shape index (κ3) is 2.72. The number of ether oxygens (including phenoxy) is 1. The van der Waals surface area contributed by atoms with E-state index in [-0.39, 0.29) is 11.9 Å². The molecule has 2 nitrogen and oxygen atoms in total. The Morgan fingerprint density at radius 2 is 2.13 bits per heavy atom. The summed E-state index contributed by atoms with van der Waals surface area (Å²) in [7, 11) is 0. The molecule has 0 radical (unpaired) electrons. The van der Waals surface area contributed by atoms with Crippen molar-refractivity contribution in [2.45, 2.75) is 26.7 Å². The molecule has 1 rings (SSSR count). The molecular weight excluding hydrogens is 212 g/mol. The molecule has 0 aliphatic heterocycles. The van der Waals surface area contributed by atoms with E-state index in [0.29, 0.717) is 17.2 Å². The monoisotopic (exact) mass is 226 g/mol. The van der Waals surface area contributed by atoms with Gasteiger partial charge in [-0.3, -0.25) is 0 Å². The summed E-state index contributed by atoms with van der Waals surface area (Å²) in [6.07, 6.45) is 0. The van der Waals surface area contributed by atoms with Crippen LogP contribution < -0.4 is 0 Å². The molecule has 0 saturated carbocycles. The zero-order valence-corrected chi connectivity index (χ0v) is 9.97. The van der Waals surface area contributed by atoms with Gasteiger partial charge >= 0.3 is 5.97 Å². The van der Waals surface area contributed by atoms with Crippen molar-refractivity contribution < 1.29 is 9.53 Å². The van der Waals surface area contributed by atoms with Crippen LogP contribution in [0.5, 0.6) is 0 Å². The van der Waals surface area contributed by atoms with Gasteiger partial charge in [0.15, 0.2) is 0 Å². The number of hydrogen-bond donors (Lipinski definition) is 0. The Labute approximate surface area is 95.2 Å². The van der Waals surface area contributed by atoms with Gasteiger partial charge in [0, 0.05) is 5.02 Å². The molecular formula is C12H15ClO2. The molecule has 15 heavy (non-hydrogen) atoms. The van der Waals surface area contributed by atoms with E-state index < -0.39 is 0 Å². The van der Waals surface area contributed by atoms with E-state index in [4.69, 9.17) is 16.3 Å². The predicted molar refractivity (Wildman–Crippen MR) is 61.5 cm³/mol. The highest BCUT2D eigenvalue weighted by atomic mass is 35.5. The van der Waals surface area contributed by atoms with Crippen LogP contribution in [-0.4, -0.2) is 12.6 Å². The molecule has 0 aromatic heterocycles. The smallest absolute Gasteiger partial charge is 0.338 e. The van der Waals surface area contributed by atoms with Crippen molar-refractivity contribution in [3.05, 3.63) is 34.3 Å².